The van der Waals surface area contributed by atoms with Crippen LogP contribution in [-0.2, 0) is 16.2 Å². The predicted molar refractivity (Wildman–Crippen MR) is 120 cm³/mol. The van der Waals surface area contributed by atoms with Crippen LogP contribution in [0.1, 0.15) is 19.4 Å². The molecule has 9 heteroatoms. The Kier molecular flexibility index (Phi) is 6.67. The third-order valence-corrected chi connectivity index (χ3v) is 5.48. The Morgan fingerprint density at radius 3 is 2.52 bits per heavy atom. The normalized spacial score (nSPS) is 11.3. The number of carboxylic acids is 1. The number of carboxylic acid groups (broad SMARTS) is 1. The molecule has 0 aliphatic heterocycles. The van der Waals surface area contributed by atoms with Gasteiger partial charge in [0.05, 0.1) is 29.6 Å². The van der Waals surface area contributed by atoms with Gasteiger partial charge in [0.1, 0.15) is 18.1 Å². The highest BCUT2D eigenvalue weighted by Crippen LogP contribution is 2.24. The summed E-state index contributed by atoms with van der Waals surface area (Å²) in [5.74, 6) is -0.0231. The van der Waals surface area contributed by atoms with E-state index in [0.717, 1.165) is 27.1 Å². The van der Waals surface area contributed by atoms with E-state index in [0.29, 0.717) is 30.3 Å². The van der Waals surface area contributed by atoms with Crippen molar-refractivity contribution < 1.29 is 24.2 Å². The molecule has 2 N–H and O–H groups in total. The van der Waals surface area contributed by atoms with Gasteiger partial charge in [0, 0.05) is 5.56 Å². The van der Waals surface area contributed by atoms with Gasteiger partial charge in [-0.15, -0.1) is 0 Å². The second kappa shape index (κ2) is 9.23. The van der Waals surface area contributed by atoms with Gasteiger partial charge in [-0.25, -0.2) is 4.79 Å². The fourth-order valence-electron chi connectivity index (χ4n) is 2.84. The third-order valence-electron chi connectivity index (χ3n) is 4.54. The Hall–Kier alpha value is -3.30. The molecule has 1 aromatic heterocycles. The van der Waals surface area contributed by atoms with Gasteiger partial charge in [-0.1, -0.05) is 24.0 Å². The fourth-order valence-corrected chi connectivity index (χ4v) is 3.80. The minimum Gasteiger partial charge on any atom is -0.492 e. The summed E-state index contributed by atoms with van der Waals surface area (Å²) in [5.41, 5.74) is 3.64. The van der Waals surface area contributed by atoms with E-state index in [-0.39, 0.29) is 4.87 Å². The molecular weight excluding hydrogens is 420 g/mol. The molecular formula is C22H24N2O6S. The third kappa shape index (κ3) is 5.25. The molecule has 0 spiro atoms. The molecule has 0 aliphatic carbocycles. The topological polar surface area (TPSA) is 99.0 Å². The highest BCUT2D eigenvalue weighted by Gasteiger charge is 2.29. The Bertz CT molecular complexity index is 1150. The molecule has 0 amide bonds. The highest BCUT2D eigenvalue weighted by molar-refractivity contribution is 7.16. The molecule has 3 aromatic rings. The van der Waals surface area contributed by atoms with E-state index in [2.05, 4.69) is 12.1 Å². The van der Waals surface area contributed by atoms with E-state index in [1.54, 1.807) is 28.8 Å². The van der Waals surface area contributed by atoms with Crippen molar-refractivity contribution in [2.75, 3.05) is 13.7 Å². The van der Waals surface area contributed by atoms with Crippen LogP contribution < -0.4 is 19.8 Å². The maximum Gasteiger partial charge on any atom is 0.347 e. The number of nitrogens with zero attached hydrogens (tertiary/aromatic N) is 1. The van der Waals surface area contributed by atoms with Crippen LogP contribution in [0.2, 0.25) is 0 Å². The van der Waals surface area contributed by atoms with Gasteiger partial charge in [-0.05, 0) is 50.2 Å². The van der Waals surface area contributed by atoms with Crippen LogP contribution in [0.25, 0.3) is 15.9 Å². The van der Waals surface area contributed by atoms with E-state index in [4.69, 9.17) is 19.4 Å². The molecule has 8 nitrogen and oxygen atoms in total. The summed E-state index contributed by atoms with van der Waals surface area (Å²) >= 11 is 1.16. The largest absolute Gasteiger partial charge is 0.492 e. The minimum atomic E-state index is -1.32. The maximum atomic E-state index is 12.4. The Balaban J connectivity index is 1.64. The molecule has 0 aliphatic rings. The number of fused-ring (bicyclic) bond motifs is 1. The highest BCUT2D eigenvalue weighted by atomic mass is 32.1. The molecule has 0 atom stereocenters. The molecule has 2 aromatic carbocycles. The van der Waals surface area contributed by atoms with Gasteiger partial charge >= 0.3 is 10.8 Å². The van der Waals surface area contributed by atoms with Crippen LogP contribution in [-0.4, -0.2) is 35.0 Å². The SMILES string of the molecule is C=C(NOC)c1ccc2c(c1)sc(=O)n2CCOc1ccc(OC(C)(C)C(=O)O)cc1. The van der Waals surface area contributed by atoms with Crippen molar-refractivity contribution in [3.05, 3.63) is 64.3 Å². The first-order chi connectivity index (χ1) is 14.7. The van der Waals surface area contributed by atoms with Gasteiger partial charge in [-0.3, -0.25) is 19.7 Å². The molecule has 0 saturated heterocycles. The van der Waals surface area contributed by atoms with Gasteiger partial charge < -0.3 is 14.6 Å². The summed E-state index contributed by atoms with van der Waals surface area (Å²) in [5, 5.41) is 9.14. The number of aliphatic carboxylic acids is 1. The average Bonchev–Trinajstić information content (AvgIpc) is 3.03. The van der Waals surface area contributed by atoms with Gasteiger partial charge in [0.25, 0.3) is 0 Å². The van der Waals surface area contributed by atoms with Crippen LogP contribution in [0, 0.1) is 0 Å². The summed E-state index contributed by atoms with van der Waals surface area (Å²) in [6.07, 6.45) is 0. The standard InChI is InChI=1S/C22H24N2O6S/c1-14(23-28-4)15-5-10-18-19(13-15)31-21(27)24(18)11-12-29-16-6-8-17(9-7-16)30-22(2,3)20(25)26/h5-10,13,23H,1,11-12H2,2-4H3,(H,25,26). The lowest BCUT2D eigenvalue weighted by Gasteiger charge is -2.21. The van der Waals surface area contributed by atoms with E-state index in [9.17, 15) is 9.59 Å². The van der Waals surface area contributed by atoms with Crippen molar-refractivity contribution in [3.63, 3.8) is 0 Å². The molecule has 31 heavy (non-hydrogen) atoms. The first kappa shape index (κ1) is 22.4. The summed E-state index contributed by atoms with van der Waals surface area (Å²) in [4.78, 5) is 28.4. The van der Waals surface area contributed by atoms with Gasteiger partial charge in [-0.2, -0.15) is 0 Å². The number of hydrogen-bond acceptors (Lipinski definition) is 7. The number of nitrogens with one attached hydrogen (secondary N) is 1. The maximum absolute atomic E-state index is 12.4. The molecule has 1 heterocycles. The first-order valence-electron chi connectivity index (χ1n) is 9.48. The summed E-state index contributed by atoms with van der Waals surface area (Å²) in [6.45, 7) is 7.54. The quantitative estimate of drug-likeness (QED) is 0.462. The van der Waals surface area contributed by atoms with Gasteiger partial charge in [0.2, 0.25) is 0 Å². The molecule has 3 rings (SSSR count). The molecule has 0 radical (unpaired) electrons. The number of carbonyl (C=O) groups is 1. The average molecular weight is 445 g/mol. The molecule has 0 unspecified atom stereocenters. The van der Waals surface area contributed by atoms with Crippen molar-refractivity contribution in [3.8, 4) is 11.5 Å². The van der Waals surface area contributed by atoms with Gasteiger partial charge in [0.15, 0.2) is 5.60 Å². The lowest BCUT2D eigenvalue weighted by molar-refractivity contribution is -0.152. The van der Waals surface area contributed by atoms with E-state index in [1.807, 2.05) is 18.2 Å². The monoisotopic (exact) mass is 444 g/mol. The summed E-state index contributed by atoms with van der Waals surface area (Å²) < 4.78 is 13.7. The zero-order valence-corrected chi connectivity index (χ0v) is 18.3. The molecule has 0 saturated carbocycles. The molecule has 0 bridgehead atoms. The van der Waals surface area contributed by atoms with E-state index >= 15 is 0 Å². The van der Waals surface area contributed by atoms with Crippen molar-refractivity contribution in [2.24, 2.45) is 0 Å². The fraction of sp³-hybridized carbons (Fsp3) is 0.273. The van der Waals surface area contributed by atoms with Crippen LogP contribution in [0.3, 0.4) is 0 Å². The van der Waals surface area contributed by atoms with Crippen molar-refractivity contribution in [1.29, 1.82) is 0 Å². The van der Waals surface area contributed by atoms with Crippen molar-refractivity contribution >= 4 is 33.2 Å². The number of ether oxygens (including phenoxy) is 2. The summed E-state index contributed by atoms with van der Waals surface area (Å²) in [7, 11) is 1.51. The number of thiazole rings is 1. The van der Waals surface area contributed by atoms with Crippen molar-refractivity contribution in [1.82, 2.24) is 10.0 Å². The summed E-state index contributed by atoms with van der Waals surface area (Å²) in [6, 6.07) is 12.3. The lowest BCUT2D eigenvalue weighted by Crippen LogP contribution is -2.37. The minimum absolute atomic E-state index is 0.0688. The smallest absolute Gasteiger partial charge is 0.347 e. The second-order valence-corrected chi connectivity index (χ2v) is 8.22. The number of hydroxylamine groups is 1. The van der Waals surface area contributed by atoms with E-state index < -0.39 is 11.6 Å². The van der Waals surface area contributed by atoms with E-state index in [1.165, 1.54) is 21.0 Å². The van der Waals surface area contributed by atoms with Crippen LogP contribution in [0.4, 0.5) is 0 Å². The number of benzene rings is 2. The number of rotatable bonds is 10. The Morgan fingerprint density at radius 1 is 1.19 bits per heavy atom. The van der Waals surface area contributed by atoms with Crippen LogP contribution >= 0.6 is 11.3 Å². The number of aromatic nitrogens is 1. The zero-order chi connectivity index (χ0) is 22.6. The van der Waals surface area contributed by atoms with Crippen LogP contribution in [0.5, 0.6) is 11.5 Å². The molecule has 164 valence electrons. The van der Waals surface area contributed by atoms with Crippen LogP contribution in [0.15, 0.2) is 53.8 Å². The number of hydrogen-bond donors (Lipinski definition) is 2. The molecule has 0 fully saturated rings. The predicted octanol–water partition coefficient (Wildman–Crippen LogP) is 3.51. The first-order valence-corrected chi connectivity index (χ1v) is 10.3. The Morgan fingerprint density at radius 2 is 1.87 bits per heavy atom. The zero-order valence-electron chi connectivity index (χ0n) is 17.5. The lowest BCUT2D eigenvalue weighted by atomic mass is 10.1. The Labute approximate surface area is 183 Å². The van der Waals surface area contributed by atoms with Crippen molar-refractivity contribution in [2.45, 2.75) is 26.0 Å². The second-order valence-electron chi connectivity index (χ2n) is 7.22.